The molecule has 1 aliphatic rings. The predicted octanol–water partition coefficient (Wildman–Crippen LogP) is 2.87. The van der Waals surface area contributed by atoms with Crippen molar-refractivity contribution in [1.82, 2.24) is 24.6 Å². The summed E-state index contributed by atoms with van der Waals surface area (Å²) < 4.78 is 32.2. The SMILES string of the molecule is COc1nc(N)nc2c1ncn2[C@H]1C=C[C@@H](COP(=O)(NC(C)C(=O)O)Oc2cccc(N(C)C)c2)C1. The topological polar surface area (TPSA) is 167 Å². The number of nitrogens with one attached hydrogen (secondary N) is 1. The maximum absolute atomic E-state index is 13.6. The Bertz CT molecular complexity index is 1360. The molecule has 0 bridgehead atoms. The van der Waals surface area contributed by atoms with Gasteiger partial charge in [0.1, 0.15) is 11.8 Å². The van der Waals surface area contributed by atoms with Crippen LogP contribution in [0.2, 0.25) is 0 Å². The Kier molecular flexibility index (Phi) is 7.67. The third-order valence-corrected chi connectivity index (χ3v) is 7.49. The highest BCUT2D eigenvalue weighted by atomic mass is 31.2. The smallest absolute Gasteiger partial charge is 0.459 e. The Labute approximate surface area is 213 Å². The second-order valence-electron chi connectivity index (χ2n) is 8.83. The van der Waals surface area contributed by atoms with Crippen molar-refractivity contribution in [3.8, 4) is 11.6 Å². The molecule has 3 aromatic rings. The zero-order chi connectivity index (χ0) is 26.7. The fraction of sp³-hybridized carbons (Fsp3) is 0.391. The first-order valence-electron chi connectivity index (χ1n) is 11.5. The summed E-state index contributed by atoms with van der Waals surface area (Å²) in [6.45, 7) is 1.40. The molecule has 198 valence electrons. The summed E-state index contributed by atoms with van der Waals surface area (Å²) in [6.07, 6.45) is 6.15. The molecular weight excluding hydrogens is 501 g/mol. The Morgan fingerprint density at radius 2 is 2.14 bits per heavy atom. The van der Waals surface area contributed by atoms with Gasteiger partial charge in [-0.2, -0.15) is 15.1 Å². The molecule has 0 aliphatic heterocycles. The number of imidazole rings is 1. The molecule has 0 saturated heterocycles. The number of hydrogen-bond donors (Lipinski definition) is 3. The molecule has 0 radical (unpaired) electrons. The maximum Gasteiger partial charge on any atom is 0.459 e. The number of hydrogen-bond acceptors (Lipinski definition) is 10. The van der Waals surface area contributed by atoms with Crippen LogP contribution in [-0.2, 0) is 13.9 Å². The van der Waals surface area contributed by atoms with E-state index in [0.717, 1.165) is 5.69 Å². The molecule has 0 saturated carbocycles. The van der Waals surface area contributed by atoms with Gasteiger partial charge in [-0.3, -0.25) is 9.32 Å². The standard InChI is InChI=1S/C23H30N7O6P/c1-14(22(31)32)28-37(33,36-18-7-5-6-16(11-18)29(2)3)35-12-15-8-9-17(10-15)30-13-25-19-20(30)26-23(24)27-21(19)34-4/h5-9,11,13-15,17H,10,12H2,1-4H3,(H,28,33)(H,31,32)(H2,24,26,27)/t14?,15-,17+,37?/m1/s1. The number of fused-ring (bicyclic) bond motifs is 1. The maximum atomic E-state index is 13.6. The molecular formula is C23H30N7O6P. The summed E-state index contributed by atoms with van der Waals surface area (Å²) in [5, 5.41) is 11.9. The van der Waals surface area contributed by atoms with E-state index in [1.165, 1.54) is 14.0 Å². The number of carboxylic acid groups (broad SMARTS) is 1. The van der Waals surface area contributed by atoms with Crippen molar-refractivity contribution < 1.29 is 28.3 Å². The largest absolute Gasteiger partial charge is 0.480 e. The summed E-state index contributed by atoms with van der Waals surface area (Å²) in [4.78, 5) is 26.0. The van der Waals surface area contributed by atoms with Gasteiger partial charge in [0.15, 0.2) is 11.2 Å². The van der Waals surface area contributed by atoms with Gasteiger partial charge in [0.25, 0.3) is 0 Å². The fourth-order valence-electron chi connectivity index (χ4n) is 3.91. The number of allylic oxidation sites excluding steroid dienone is 1. The Hall–Kier alpha value is -3.67. The molecule has 13 nitrogen and oxygen atoms in total. The number of nitrogens with two attached hydrogens (primary N) is 1. The van der Waals surface area contributed by atoms with Gasteiger partial charge in [-0.05, 0) is 25.5 Å². The molecule has 4 atom stereocenters. The average molecular weight is 532 g/mol. The number of carboxylic acids is 1. The quantitative estimate of drug-likeness (QED) is 0.245. The van der Waals surface area contributed by atoms with Gasteiger partial charge in [0.2, 0.25) is 11.8 Å². The van der Waals surface area contributed by atoms with Gasteiger partial charge in [0.05, 0.1) is 26.1 Å². The molecule has 0 amide bonds. The van der Waals surface area contributed by atoms with Crippen LogP contribution in [-0.4, -0.2) is 64.4 Å². The number of rotatable bonds is 11. The van der Waals surface area contributed by atoms with Crippen LogP contribution in [0.25, 0.3) is 11.2 Å². The van der Waals surface area contributed by atoms with Crippen LogP contribution in [0.4, 0.5) is 11.6 Å². The highest BCUT2D eigenvalue weighted by molar-refractivity contribution is 7.52. The minimum Gasteiger partial charge on any atom is -0.480 e. The zero-order valence-electron chi connectivity index (χ0n) is 20.9. The van der Waals surface area contributed by atoms with E-state index in [4.69, 9.17) is 19.5 Å². The van der Waals surface area contributed by atoms with E-state index in [0.29, 0.717) is 17.6 Å². The van der Waals surface area contributed by atoms with Gasteiger partial charge < -0.3 is 29.6 Å². The van der Waals surface area contributed by atoms with Gasteiger partial charge in [-0.1, -0.05) is 18.2 Å². The molecule has 37 heavy (non-hydrogen) atoms. The van der Waals surface area contributed by atoms with E-state index < -0.39 is 19.8 Å². The van der Waals surface area contributed by atoms with Crippen LogP contribution in [0.1, 0.15) is 19.4 Å². The first-order chi connectivity index (χ1) is 17.6. The van der Waals surface area contributed by atoms with Crippen molar-refractivity contribution in [2.75, 3.05) is 38.4 Å². The number of benzene rings is 1. The predicted molar refractivity (Wildman–Crippen MR) is 138 cm³/mol. The average Bonchev–Trinajstić information content (AvgIpc) is 3.49. The minimum atomic E-state index is -4.05. The third-order valence-electron chi connectivity index (χ3n) is 5.85. The molecule has 1 aliphatic carbocycles. The Balaban J connectivity index is 1.48. The molecule has 0 spiro atoms. The number of carbonyl (C=O) groups is 1. The van der Waals surface area contributed by atoms with E-state index in [1.807, 2.05) is 41.8 Å². The molecule has 0 fully saturated rings. The van der Waals surface area contributed by atoms with E-state index in [1.54, 1.807) is 24.5 Å². The lowest BCUT2D eigenvalue weighted by Crippen LogP contribution is -2.33. The lowest BCUT2D eigenvalue weighted by Gasteiger charge is -2.24. The van der Waals surface area contributed by atoms with Crippen LogP contribution in [0.15, 0.2) is 42.7 Å². The van der Waals surface area contributed by atoms with Crippen LogP contribution in [0.5, 0.6) is 11.6 Å². The second-order valence-corrected chi connectivity index (χ2v) is 10.5. The summed E-state index contributed by atoms with van der Waals surface area (Å²) in [5.74, 6) is -0.661. The first-order valence-corrected chi connectivity index (χ1v) is 13.1. The second kappa shape index (κ2) is 10.8. The molecule has 2 heterocycles. The van der Waals surface area contributed by atoms with Crippen LogP contribution in [0.3, 0.4) is 0 Å². The van der Waals surface area contributed by atoms with E-state index in [2.05, 4.69) is 20.0 Å². The summed E-state index contributed by atoms with van der Waals surface area (Å²) in [7, 11) is 1.17. The number of nitrogen functional groups attached to an aromatic ring is 1. The van der Waals surface area contributed by atoms with Crippen molar-refractivity contribution in [3.63, 3.8) is 0 Å². The lowest BCUT2D eigenvalue weighted by molar-refractivity contribution is -0.138. The number of ether oxygens (including phenoxy) is 1. The lowest BCUT2D eigenvalue weighted by atomic mass is 10.1. The van der Waals surface area contributed by atoms with Gasteiger partial charge in [-0.25, -0.2) is 9.55 Å². The van der Waals surface area contributed by atoms with Crippen molar-refractivity contribution in [1.29, 1.82) is 0 Å². The van der Waals surface area contributed by atoms with Gasteiger partial charge >= 0.3 is 13.7 Å². The van der Waals surface area contributed by atoms with Gasteiger partial charge in [0, 0.05) is 31.8 Å². The minimum absolute atomic E-state index is 0.0318. The molecule has 4 N–H and O–H groups in total. The number of methoxy groups -OCH3 is 1. The van der Waals surface area contributed by atoms with Crippen molar-refractivity contribution in [2.45, 2.75) is 25.4 Å². The highest BCUT2D eigenvalue weighted by Crippen LogP contribution is 2.46. The molecule has 14 heteroatoms. The highest BCUT2D eigenvalue weighted by Gasteiger charge is 2.33. The van der Waals surface area contributed by atoms with E-state index >= 15 is 0 Å². The molecule has 2 unspecified atom stereocenters. The van der Waals surface area contributed by atoms with Crippen molar-refractivity contribution in [3.05, 3.63) is 42.7 Å². The molecule has 4 rings (SSSR count). The summed E-state index contributed by atoms with van der Waals surface area (Å²) >= 11 is 0. The number of aromatic nitrogens is 4. The number of aliphatic carboxylic acids is 1. The first kappa shape index (κ1) is 26.4. The van der Waals surface area contributed by atoms with Crippen LogP contribution >= 0.6 is 7.75 Å². The zero-order valence-corrected chi connectivity index (χ0v) is 21.8. The number of anilines is 2. The number of nitrogens with zero attached hydrogens (tertiary/aromatic N) is 5. The Morgan fingerprint density at radius 3 is 2.84 bits per heavy atom. The fourth-order valence-corrected chi connectivity index (χ4v) is 5.45. The summed E-state index contributed by atoms with van der Waals surface area (Å²) in [6, 6.07) is 5.67. The van der Waals surface area contributed by atoms with E-state index in [-0.39, 0.29) is 36.1 Å². The van der Waals surface area contributed by atoms with E-state index in [9.17, 15) is 14.5 Å². The molecule has 1 aromatic carbocycles. The normalized spacial score (nSPS) is 19.5. The molecule has 2 aromatic heterocycles. The summed E-state index contributed by atoms with van der Waals surface area (Å²) in [5.41, 5.74) is 7.68. The van der Waals surface area contributed by atoms with Crippen LogP contribution < -0.4 is 25.0 Å². The monoisotopic (exact) mass is 531 g/mol. The van der Waals surface area contributed by atoms with Crippen molar-refractivity contribution >= 4 is 36.5 Å². The Morgan fingerprint density at radius 1 is 1.35 bits per heavy atom. The van der Waals surface area contributed by atoms with Gasteiger partial charge in [-0.15, -0.1) is 0 Å². The third kappa shape index (κ3) is 6.01. The van der Waals surface area contributed by atoms with Crippen molar-refractivity contribution in [2.24, 2.45) is 5.92 Å². The van der Waals surface area contributed by atoms with Crippen LogP contribution in [0, 0.1) is 5.92 Å².